The first-order valence-corrected chi connectivity index (χ1v) is 12.6. The highest BCUT2D eigenvalue weighted by Crippen LogP contribution is 2.48. The van der Waals surface area contributed by atoms with Crippen molar-refractivity contribution in [3.8, 4) is 11.5 Å². The molecule has 0 aromatic heterocycles. The molecule has 0 spiro atoms. The van der Waals surface area contributed by atoms with E-state index >= 15 is 4.39 Å². The molecule has 180 valence electrons. The average molecular weight is 463 g/mol. The van der Waals surface area contributed by atoms with Crippen LogP contribution in [0.3, 0.4) is 0 Å². The first kappa shape index (κ1) is 24.3. The topological polar surface area (TPSA) is 35.5 Å². The molecule has 0 radical (unpaired) electrons. The maximum absolute atomic E-state index is 15.1. The van der Waals surface area contributed by atoms with Gasteiger partial charge in [0.15, 0.2) is 0 Å². The van der Waals surface area contributed by atoms with Gasteiger partial charge in [0.1, 0.15) is 23.9 Å². The Hall–Kier alpha value is -2.88. The van der Waals surface area contributed by atoms with Gasteiger partial charge >= 0.3 is 5.97 Å². The molecule has 2 fully saturated rings. The molecule has 4 atom stereocenters. The highest BCUT2D eigenvalue weighted by molar-refractivity contribution is 5.91. The number of allylic oxidation sites excluding steroid dienone is 3. The van der Waals surface area contributed by atoms with Crippen LogP contribution in [0.5, 0.6) is 11.5 Å². The van der Waals surface area contributed by atoms with E-state index in [1.165, 1.54) is 31.7 Å². The van der Waals surface area contributed by atoms with Crippen LogP contribution in [0.15, 0.2) is 66.8 Å². The van der Waals surface area contributed by atoms with Crippen molar-refractivity contribution in [1.29, 1.82) is 0 Å². The van der Waals surface area contributed by atoms with Gasteiger partial charge < -0.3 is 9.47 Å². The number of hydrogen-bond acceptors (Lipinski definition) is 3. The lowest BCUT2D eigenvalue weighted by Gasteiger charge is -2.41. The van der Waals surface area contributed by atoms with Crippen LogP contribution in [0.1, 0.15) is 74.2 Å². The lowest BCUT2D eigenvalue weighted by molar-refractivity contribution is 0.0734. The highest BCUT2D eigenvalue weighted by atomic mass is 19.1. The molecule has 2 saturated carbocycles. The summed E-state index contributed by atoms with van der Waals surface area (Å²) in [6, 6.07) is 11.7. The molecule has 0 N–H and O–H groups in total. The van der Waals surface area contributed by atoms with Gasteiger partial charge in [0.2, 0.25) is 0 Å². The highest BCUT2D eigenvalue weighted by Gasteiger charge is 2.36. The Kier molecular flexibility index (Phi) is 8.21. The summed E-state index contributed by atoms with van der Waals surface area (Å²) in [6.45, 7) is 4.52. The fraction of sp³-hybridized carbons (Fsp3) is 0.433. The second kappa shape index (κ2) is 11.5. The third-order valence-corrected chi connectivity index (χ3v) is 7.41. The van der Waals surface area contributed by atoms with Crippen LogP contribution in [0, 0.1) is 23.6 Å². The van der Waals surface area contributed by atoms with Crippen LogP contribution in [0.2, 0.25) is 0 Å². The quantitative estimate of drug-likeness (QED) is 0.238. The number of fused-ring (bicyclic) bond motifs is 1. The summed E-state index contributed by atoms with van der Waals surface area (Å²) >= 11 is 0. The summed E-state index contributed by atoms with van der Waals surface area (Å²) < 4.78 is 26.1. The first-order valence-electron chi connectivity index (χ1n) is 12.6. The molecule has 2 aromatic rings. The van der Waals surface area contributed by atoms with Crippen LogP contribution >= 0.6 is 0 Å². The molecule has 0 bridgehead atoms. The minimum absolute atomic E-state index is 0.232. The normalized spacial score (nSPS) is 24.8. The van der Waals surface area contributed by atoms with Gasteiger partial charge in [0, 0.05) is 0 Å². The zero-order valence-corrected chi connectivity index (χ0v) is 20.2. The second-order valence-corrected chi connectivity index (χ2v) is 9.61. The van der Waals surface area contributed by atoms with E-state index in [0.29, 0.717) is 29.9 Å². The van der Waals surface area contributed by atoms with Crippen molar-refractivity contribution < 1.29 is 18.7 Å². The maximum atomic E-state index is 15.1. The number of carbonyl (C=O) groups excluding carboxylic acids is 1. The lowest BCUT2D eigenvalue weighted by Crippen LogP contribution is -2.30. The standard InChI is InChI=1S/C30H35FO3/c1-3-5-17-33-26-12-14-27(15-13-26)34-30(32)25-11-16-28(29(31)20-25)24-10-9-22-18-21(6-4-2)7-8-23(22)19-24/h3-6,11-16,20-24H,7-10,17-19H2,1-2H3/b5-3+,6-4+. The summed E-state index contributed by atoms with van der Waals surface area (Å²) in [5.74, 6) is 2.65. The fourth-order valence-corrected chi connectivity index (χ4v) is 5.65. The zero-order chi connectivity index (χ0) is 23.9. The summed E-state index contributed by atoms with van der Waals surface area (Å²) in [7, 11) is 0. The van der Waals surface area contributed by atoms with E-state index in [1.807, 2.05) is 19.1 Å². The van der Waals surface area contributed by atoms with Crippen LogP contribution in [-0.4, -0.2) is 12.6 Å². The summed E-state index contributed by atoms with van der Waals surface area (Å²) in [5.41, 5.74) is 0.975. The Morgan fingerprint density at radius 2 is 1.68 bits per heavy atom. The van der Waals surface area contributed by atoms with E-state index in [4.69, 9.17) is 9.47 Å². The van der Waals surface area contributed by atoms with Crippen molar-refractivity contribution in [3.63, 3.8) is 0 Å². The maximum Gasteiger partial charge on any atom is 0.343 e. The summed E-state index contributed by atoms with van der Waals surface area (Å²) in [4.78, 5) is 12.6. The smallest absolute Gasteiger partial charge is 0.343 e. The number of ether oxygens (including phenoxy) is 2. The van der Waals surface area contributed by atoms with Gasteiger partial charge in [-0.2, -0.15) is 0 Å². The lowest BCUT2D eigenvalue weighted by atomic mass is 9.64. The molecule has 0 saturated heterocycles. The van der Waals surface area contributed by atoms with E-state index in [1.54, 1.807) is 36.4 Å². The third kappa shape index (κ3) is 5.97. The van der Waals surface area contributed by atoms with Crippen molar-refractivity contribution in [2.45, 2.75) is 58.3 Å². The van der Waals surface area contributed by atoms with Crippen molar-refractivity contribution in [2.75, 3.05) is 6.61 Å². The predicted octanol–water partition coefficient (Wildman–Crippen LogP) is 7.88. The minimum atomic E-state index is -0.556. The number of halogens is 1. The van der Waals surface area contributed by atoms with Gasteiger partial charge in [-0.05, 0) is 118 Å². The van der Waals surface area contributed by atoms with E-state index in [2.05, 4.69) is 19.1 Å². The molecule has 2 aliphatic rings. The molecule has 4 rings (SSSR count). The molecule has 4 heteroatoms. The first-order chi connectivity index (χ1) is 16.6. The van der Waals surface area contributed by atoms with Gasteiger partial charge in [0.25, 0.3) is 0 Å². The average Bonchev–Trinajstić information content (AvgIpc) is 2.85. The molecular formula is C30H35FO3. The number of carbonyl (C=O) groups is 1. The molecule has 34 heavy (non-hydrogen) atoms. The van der Waals surface area contributed by atoms with Gasteiger partial charge in [-0.3, -0.25) is 0 Å². The van der Waals surface area contributed by atoms with Crippen molar-refractivity contribution in [2.24, 2.45) is 17.8 Å². The number of rotatable bonds is 7. The van der Waals surface area contributed by atoms with Gasteiger partial charge in [0.05, 0.1) is 5.56 Å². The van der Waals surface area contributed by atoms with Gasteiger partial charge in [-0.1, -0.05) is 30.4 Å². The van der Waals surface area contributed by atoms with Gasteiger partial charge in [-0.25, -0.2) is 9.18 Å². The Balaban J connectivity index is 1.35. The number of hydrogen-bond donors (Lipinski definition) is 0. The predicted molar refractivity (Wildman–Crippen MR) is 134 cm³/mol. The summed E-state index contributed by atoms with van der Waals surface area (Å²) in [6.07, 6.45) is 15.4. The second-order valence-electron chi connectivity index (χ2n) is 9.61. The molecule has 2 aromatic carbocycles. The monoisotopic (exact) mass is 462 g/mol. The van der Waals surface area contributed by atoms with Crippen molar-refractivity contribution >= 4 is 5.97 Å². The van der Waals surface area contributed by atoms with E-state index in [0.717, 1.165) is 24.3 Å². The van der Waals surface area contributed by atoms with E-state index < -0.39 is 5.97 Å². The van der Waals surface area contributed by atoms with E-state index in [-0.39, 0.29) is 17.3 Å². The van der Waals surface area contributed by atoms with Crippen molar-refractivity contribution in [3.05, 3.63) is 83.7 Å². The molecular weight excluding hydrogens is 427 g/mol. The molecule has 0 amide bonds. The van der Waals surface area contributed by atoms with Crippen LogP contribution < -0.4 is 9.47 Å². The molecule has 3 nitrogen and oxygen atoms in total. The fourth-order valence-electron chi connectivity index (χ4n) is 5.65. The molecule has 0 aliphatic heterocycles. The van der Waals surface area contributed by atoms with Crippen molar-refractivity contribution in [1.82, 2.24) is 0 Å². The largest absolute Gasteiger partial charge is 0.490 e. The third-order valence-electron chi connectivity index (χ3n) is 7.41. The van der Waals surface area contributed by atoms with Gasteiger partial charge in [-0.15, -0.1) is 0 Å². The van der Waals surface area contributed by atoms with Crippen LogP contribution in [0.25, 0.3) is 0 Å². The SMILES string of the molecule is C/C=C/COc1ccc(OC(=O)c2ccc(C3CCC4CC(/C=C/C)CCC4C3)c(F)c2)cc1. The van der Waals surface area contributed by atoms with E-state index in [9.17, 15) is 4.79 Å². The number of esters is 1. The molecule has 2 aliphatic carbocycles. The Morgan fingerprint density at radius 3 is 2.41 bits per heavy atom. The zero-order valence-electron chi connectivity index (χ0n) is 20.2. The minimum Gasteiger partial charge on any atom is -0.490 e. The Bertz CT molecular complexity index is 1020. The Labute approximate surface area is 202 Å². The van der Waals surface area contributed by atoms with Crippen LogP contribution in [0.4, 0.5) is 4.39 Å². The Morgan fingerprint density at radius 1 is 0.941 bits per heavy atom. The number of benzene rings is 2. The molecule has 0 heterocycles. The molecule has 4 unspecified atom stereocenters. The van der Waals surface area contributed by atoms with Crippen LogP contribution in [-0.2, 0) is 0 Å². The summed E-state index contributed by atoms with van der Waals surface area (Å²) in [5, 5.41) is 0.